The summed E-state index contributed by atoms with van der Waals surface area (Å²) < 4.78 is 39.6. The Kier molecular flexibility index (Phi) is 6.26. The Morgan fingerprint density at radius 3 is 2.64 bits per heavy atom. The number of nitrogens with zero attached hydrogens (tertiary/aromatic N) is 1. The van der Waals surface area contributed by atoms with Crippen molar-refractivity contribution in [2.75, 3.05) is 13.1 Å². The summed E-state index contributed by atoms with van der Waals surface area (Å²) in [4.78, 5) is 0. The molecule has 1 fully saturated rings. The van der Waals surface area contributed by atoms with Crippen molar-refractivity contribution < 1.29 is 12.8 Å². The molecule has 0 spiro atoms. The molecule has 0 aliphatic carbocycles. The topological polar surface area (TPSA) is 63.4 Å². The van der Waals surface area contributed by atoms with Gasteiger partial charge < -0.3 is 5.73 Å². The third-order valence-corrected chi connectivity index (χ3v) is 6.09. The monoisotopic (exact) mass is 370 g/mol. The molecule has 2 rings (SSSR count). The van der Waals surface area contributed by atoms with Gasteiger partial charge in [-0.3, -0.25) is 0 Å². The lowest BCUT2D eigenvalue weighted by molar-refractivity contribution is 0.155. The Morgan fingerprint density at radius 2 is 2.09 bits per heavy atom. The van der Waals surface area contributed by atoms with Crippen LogP contribution in [0.15, 0.2) is 18.2 Å². The number of halogens is 3. The molecule has 1 atom stereocenters. The van der Waals surface area contributed by atoms with Gasteiger partial charge in [-0.05, 0) is 29.5 Å². The highest BCUT2D eigenvalue weighted by Gasteiger charge is 2.38. The molecule has 1 unspecified atom stereocenters. The van der Waals surface area contributed by atoms with E-state index < -0.39 is 15.8 Å². The van der Waals surface area contributed by atoms with E-state index in [0.717, 1.165) is 0 Å². The number of piperidine rings is 1. The molecular formula is C14H21Cl2FN2O2S. The fourth-order valence-electron chi connectivity index (χ4n) is 2.49. The quantitative estimate of drug-likeness (QED) is 0.889. The molecule has 1 saturated heterocycles. The van der Waals surface area contributed by atoms with Gasteiger partial charge >= 0.3 is 0 Å². The third-order valence-electron chi connectivity index (χ3n) is 4.00. The van der Waals surface area contributed by atoms with Gasteiger partial charge in [0.1, 0.15) is 5.82 Å². The molecule has 1 aliphatic rings. The van der Waals surface area contributed by atoms with Gasteiger partial charge in [-0.2, -0.15) is 0 Å². The average Bonchev–Trinajstić information content (AvgIpc) is 2.36. The van der Waals surface area contributed by atoms with Crippen LogP contribution in [-0.2, 0) is 15.8 Å². The van der Waals surface area contributed by atoms with Crippen LogP contribution in [0.2, 0.25) is 5.02 Å². The van der Waals surface area contributed by atoms with Crippen LogP contribution in [0.1, 0.15) is 25.8 Å². The molecule has 1 aliphatic heterocycles. The second-order valence-corrected chi connectivity index (χ2v) is 8.60. The predicted molar refractivity (Wildman–Crippen MR) is 89.2 cm³/mol. The van der Waals surface area contributed by atoms with Crippen LogP contribution < -0.4 is 5.73 Å². The molecule has 126 valence electrons. The Balaban J connectivity index is 0.00000242. The summed E-state index contributed by atoms with van der Waals surface area (Å²) in [5, 5.41) is -0.0660. The minimum atomic E-state index is -3.46. The van der Waals surface area contributed by atoms with Crippen LogP contribution in [0, 0.1) is 11.2 Å². The number of rotatable bonds is 3. The summed E-state index contributed by atoms with van der Waals surface area (Å²) in [7, 11) is -3.46. The molecule has 4 nitrogen and oxygen atoms in total. The second kappa shape index (κ2) is 7.01. The van der Waals surface area contributed by atoms with E-state index in [2.05, 4.69) is 0 Å². The van der Waals surface area contributed by atoms with Gasteiger partial charge in [-0.1, -0.05) is 31.5 Å². The molecule has 22 heavy (non-hydrogen) atoms. The molecule has 1 aromatic carbocycles. The molecular weight excluding hydrogens is 350 g/mol. The summed E-state index contributed by atoms with van der Waals surface area (Å²) in [6.45, 7) is 4.75. The first-order valence-electron chi connectivity index (χ1n) is 6.79. The van der Waals surface area contributed by atoms with Crippen LogP contribution in [0.4, 0.5) is 4.39 Å². The Bertz CT molecular complexity index is 638. The Labute approximate surface area is 142 Å². The van der Waals surface area contributed by atoms with E-state index in [4.69, 9.17) is 17.3 Å². The van der Waals surface area contributed by atoms with Crippen molar-refractivity contribution in [1.29, 1.82) is 0 Å². The first-order chi connectivity index (χ1) is 9.62. The standard InChI is InChI=1S/C14H20ClFN2O2S.ClH/c1-14(2)9-18(6-5-13(14)17)21(19,20)8-10-3-4-12(16)11(15)7-10;/h3-4,7,13H,5-6,8-9,17H2,1-2H3;1H. The van der Waals surface area contributed by atoms with Crippen LogP contribution in [-0.4, -0.2) is 31.9 Å². The summed E-state index contributed by atoms with van der Waals surface area (Å²) in [5.41, 5.74) is 6.25. The van der Waals surface area contributed by atoms with Gasteiger partial charge in [0.15, 0.2) is 0 Å². The maximum Gasteiger partial charge on any atom is 0.218 e. The van der Waals surface area contributed by atoms with E-state index in [0.29, 0.717) is 25.1 Å². The maximum atomic E-state index is 13.1. The van der Waals surface area contributed by atoms with Crippen molar-refractivity contribution in [3.05, 3.63) is 34.6 Å². The van der Waals surface area contributed by atoms with Crippen LogP contribution in [0.5, 0.6) is 0 Å². The van der Waals surface area contributed by atoms with Crippen molar-refractivity contribution >= 4 is 34.0 Å². The van der Waals surface area contributed by atoms with Gasteiger partial charge in [-0.25, -0.2) is 17.1 Å². The number of hydrogen-bond acceptors (Lipinski definition) is 3. The largest absolute Gasteiger partial charge is 0.327 e. The smallest absolute Gasteiger partial charge is 0.218 e. The zero-order valence-corrected chi connectivity index (χ0v) is 14.9. The zero-order valence-electron chi connectivity index (χ0n) is 12.6. The van der Waals surface area contributed by atoms with Crippen molar-refractivity contribution in [1.82, 2.24) is 4.31 Å². The van der Waals surface area contributed by atoms with Gasteiger partial charge in [0.2, 0.25) is 10.0 Å². The fourth-order valence-corrected chi connectivity index (χ4v) is 4.39. The van der Waals surface area contributed by atoms with Gasteiger partial charge in [-0.15, -0.1) is 12.4 Å². The van der Waals surface area contributed by atoms with Crippen LogP contribution >= 0.6 is 24.0 Å². The lowest BCUT2D eigenvalue weighted by atomic mass is 9.81. The van der Waals surface area contributed by atoms with E-state index in [1.165, 1.54) is 22.5 Å². The molecule has 0 amide bonds. The summed E-state index contributed by atoms with van der Waals surface area (Å²) in [6.07, 6.45) is 0.635. The predicted octanol–water partition coefficient (Wildman–Crippen LogP) is 2.79. The second-order valence-electron chi connectivity index (χ2n) is 6.22. The first kappa shape index (κ1) is 19.6. The van der Waals surface area contributed by atoms with Crippen molar-refractivity contribution in [3.8, 4) is 0 Å². The number of benzene rings is 1. The molecule has 8 heteroatoms. The number of hydrogen-bond donors (Lipinski definition) is 1. The summed E-state index contributed by atoms with van der Waals surface area (Å²) in [5.74, 6) is -0.735. The average molecular weight is 371 g/mol. The highest BCUT2D eigenvalue weighted by atomic mass is 35.5. The Morgan fingerprint density at radius 1 is 1.45 bits per heavy atom. The molecule has 0 aromatic heterocycles. The number of sulfonamides is 1. The zero-order chi connectivity index (χ0) is 15.8. The van der Waals surface area contributed by atoms with Crippen LogP contribution in [0.3, 0.4) is 0 Å². The molecule has 1 heterocycles. The van der Waals surface area contributed by atoms with Crippen molar-refractivity contribution in [3.63, 3.8) is 0 Å². The highest BCUT2D eigenvalue weighted by molar-refractivity contribution is 7.88. The summed E-state index contributed by atoms with van der Waals surface area (Å²) >= 11 is 5.69. The molecule has 1 aromatic rings. The normalized spacial score (nSPS) is 22.1. The summed E-state index contributed by atoms with van der Waals surface area (Å²) in [6, 6.07) is 3.97. The maximum absolute atomic E-state index is 13.1. The minimum absolute atomic E-state index is 0. The lowest BCUT2D eigenvalue weighted by Crippen LogP contribution is -2.54. The van der Waals surface area contributed by atoms with Crippen molar-refractivity contribution in [2.24, 2.45) is 11.1 Å². The van der Waals surface area contributed by atoms with E-state index in [1.807, 2.05) is 13.8 Å². The third kappa shape index (κ3) is 4.32. The minimum Gasteiger partial charge on any atom is -0.327 e. The SMILES string of the molecule is CC1(C)CN(S(=O)(=O)Cc2ccc(F)c(Cl)c2)CCC1N.Cl. The highest BCUT2D eigenvalue weighted by Crippen LogP contribution is 2.30. The van der Waals surface area contributed by atoms with E-state index >= 15 is 0 Å². The van der Waals surface area contributed by atoms with E-state index in [-0.39, 0.29) is 34.6 Å². The van der Waals surface area contributed by atoms with Crippen molar-refractivity contribution in [2.45, 2.75) is 32.1 Å². The molecule has 2 N–H and O–H groups in total. The van der Waals surface area contributed by atoms with E-state index in [9.17, 15) is 12.8 Å². The van der Waals surface area contributed by atoms with E-state index in [1.54, 1.807) is 0 Å². The molecule has 0 saturated carbocycles. The fraction of sp³-hybridized carbons (Fsp3) is 0.571. The van der Waals surface area contributed by atoms with Gasteiger partial charge in [0.25, 0.3) is 0 Å². The molecule has 0 radical (unpaired) electrons. The first-order valence-corrected chi connectivity index (χ1v) is 8.78. The van der Waals surface area contributed by atoms with Gasteiger partial charge in [0, 0.05) is 19.1 Å². The van der Waals surface area contributed by atoms with Gasteiger partial charge in [0.05, 0.1) is 10.8 Å². The molecule has 0 bridgehead atoms. The lowest BCUT2D eigenvalue weighted by Gasteiger charge is -2.41. The Hall–Kier alpha value is -0.400. The number of nitrogens with two attached hydrogens (primary N) is 1. The van der Waals surface area contributed by atoms with Crippen LogP contribution in [0.25, 0.3) is 0 Å².